The zero-order chi connectivity index (χ0) is 17.9. The van der Waals surface area contributed by atoms with Gasteiger partial charge in [0.1, 0.15) is 0 Å². The van der Waals surface area contributed by atoms with E-state index in [0.717, 1.165) is 0 Å². The lowest BCUT2D eigenvalue weighted by molar-refractivity contribution is 0.113. The molecule has 2 bridgehead atoms. The second kappa shape index (κ2) is 5.76. The monoisotopic (exact) mass is 430 g/mol. The molecule has 0 spiro atoms. The Morgan fingerprint density at radius 1 is 0.304 bits per heavy atom. The van der Waals surface area contributed by atoms with Crippen LogP contribution in [-0.2, 0) is 28.8 Å². The Bertz CT molecular complexity index is 408. The molecule has 0 aromatic heterocycles. The molecule has 0 saturated carbocycles. The fourth-order valence-electron chi connectivity index (χ4n) is 3.51. The van der Waals surface area contributed by atoms with Crippen molar-refractivity contribution in [3.8, 4) is 0 Å². The molecular weight excluding hydrogens is 401 g/mol. The molecule has 0 N–H and O–H groups in total. The van der Waals surface area contributed by atoms with Crippen LogP contribution >= 0.6 is 0 Å². The van der Waals surface area contributed by atoms with Crippen LogP contribution in [0.15, 0.2) is 0 Å². The third-order valence-corrected chi connectivity index (χ3v) is 27.7. The largest absolute Gasteiger partial charge is 0.472 e. The molecule has 7 nitrogen and oxygen atoms in total. The fraction of sp³-hybridized carbons (Fsp3) is 1.00. The van der Waals surface area contributed by atoms with E-state index in [1.807, 2.05) is 65.5 Å². The first-order chi connectivity index (χ1) is 9.95. The van der Waals surface area contributed by atoms with E-state index in [-0.39, 0.29) is 0 Å². The summed E-state index contributed by atoms with van der Waals surface area (Å²) in [6.45, 7) is 19.9. The summed E-state index contributed by atoms with van der Waals surface area (Å²) in [7, 11) is -15.7. The van der Waals surface area contributed by atoms with Crippen molar-refractivity contribution in [1.29, 1.82) is 0 Å². The van der Waals surface area contributed by atoms with Crippen LogP contribution in [0, 0.1) is 0 Å². The van der Waals surface area contributed by atoms with E-state index >= 15 is 0 Å². The highest BCUT2D eigenvalue weighted by Crippen LogP contribution is 2.37. The van der Waals surface area contributed by atoms with Gasteiger partial charge in [-0.2, -0.15) is 0 Å². The lowest BCUT2D eigenvalue weighted by Crippen LogP contribution is -2.73. The van der Waals surface area contributed by atoms with Crippen molar-refractivity contribution in [2.24, 2.45) is 0 Å². The maximum absolute atomic E-state index is 6.42. The molecule has 0 aromatic carbocycles. The first-order valence-electron chi connectivity index (χ1n) is 7.86. The van der Waals surface area contributed by atoms with Crippen LogP contribution in [0.1, 0.15) is 0 Å². The second-order valence-corrected chi connectivity index (χ2v) is 28.4. The second-order valence-electron chi connectivity index (χ2n) is 8.04. The van der Waals surface area contributed by atoms with E-state index in [1.54, 1.807) is 0 Å². The zero-order valence-corrected chi connectivity index (χ0v) is 21.9. The van der Waals surface area contributed by atoms with Crippen molar-refractivity contribution in [1.82, 2.24) is 0 Å². The molecule has 0 aromatic rings. The molecule has 2 aliphatic heterocycles. The summed E-state index contributed by atoms with van der Waals surface area (Å²) in [5.41, 5.74) is 0. The third kappa shape index (κ3) is 5.50. The summed E-state index contributed by atoms with van der Waals surface area (Å²) in [5, 5.41) is 0. The van der Waals surface area contributed by atoms with Gasteiger partial charge in [-0.25, -0.2) is 0 Å². The molecule has 2 rings (SSSR count). The van der Waals surface area contributed by atoms with Gasteiger partial charge in [0, 0.05) is 13.1 Å². The molecule has 136 valence electrons. The van der Waals surface area contributed by atoms with E-state index in [0.29, 0.717) is 0 Å². The van der Waals surface area contributed by atoms with Gasteiger partial charge in [-0.05, 0) is 52.4 Å². The zero-order valence-electron chi connectivity index (χ0n) is 15.9. The van der Waals surface area contributed by atoms with Crippen molar-refractivity contribution < 1.29 is 28.8 Å². The van der Waals surface area contributed by atoms with Gasteiger partial charge >= 0.3 is 51.9 Å². The van der Waals surface area contributed by atoms with Crippen LogP contribution in [0.2, 0.25) is 65.5 Å². The maximum atomic E-state index is 6.42. The normalized spacial score (nSPS) is 42.0. The molecule has 23 heavy (non-hydrogen) atoms. The molecular formula is C10H30O7Si6. The van der Waals surface area contributed by atoms with Crippen LogP contribution in [0.3, 0.4) is 0 Å². The summed E-state index contributed by atoms with van der Waals surface area (Å²) in [5.74, 6) is 0. The van der Waals surface area contributed by atoms with E-state index in [2.05, 4.69) is 0 Å². The topological polar surface area (TPSA) is 64.6 Å². The van der Waals surface area contributed by atoms with Gasteiger partial charge in [0.25, 0.3) is 0 Å². The highest BCUT2D eigenvalue weighted by Gasteiger charge is 2.62. The Balaban J connectivity index is 2.47. The van der Waals surface area contributed by atoms with E-state index in [9.17, 15) is 0 Å². The highest BCUT2D eigenvalue weighted by molar-refractivity contribution is 6.96. The minimum absolute atomic E-state index is 1.90. The van der Waals surface area contributed by atoms with Crippen molar-refractivity contribution in [2.75, 3.05) is 0 Å². The van der Waals surface area contributed by atoms with E-state index in [1.165, 1.54) is 0 Å². The molecule has 13 heteroatoms. The SMILES string of the molecule is C[Si]1(C)O[Si](C)(C)O[Si]2(C)O[Si](C)(C)O[Si](C)(C)O[Si](C)(O1)O2. The van der Waals surface area contributed by atoms with Crippen LogP contribution in [0.25, 0.3) is 0 Å². The molecule has 2 fully saturated rings. The lowest BCUT2D eigenvalue weighted by atomic mass is 11.9. The summed E-state index contributed by atoms with van der Waals surface area (Å²) in [6, 6.07) is 0. The van der Waals surface area contributed by atoms with Crippen molar-refractivity contribution in [3.05, 3.63) is 0 Å². The summed E-state index contributed by atoms with van der Waals surface area (Å²) >= 11 is 0. The van der Waals surface area contributed by atoms with Gasteiger partial charge in [-0.1, -0.05) is 0 Å². The quantitative estimate of drug-likeness (QED) is 0.547. The van der Waals surface area contributed by atoms with Gasteiger partial charge in [0.05, 0.1) is 0 Å². The average molecular weight is 431 g/mol. The Morgan fingerprint density at radius 3 is 0.739 bits per heavy atom. The standard InChI is InChI=1S/C10H30O7Si6/c1-18(2)11-19(3,4)14-23(10)16-21(7,8)12-20(5,6)15-22(9,13-18)17-23/h1-10H3. The maximum Gasteiger partial charge on any atom is 0.472 e. The minimum atomic E-state index is -2.99. The Hall–Kier alpha value is 1.02. The molecule has 0 amide bonds. The van der Waals surface area contributed by atoms with Gasteiger partial charge in [0.15, 0.2) is 0 Å². The van der Waals surface area contributed by atoms with Crippen LogP contribution < -0.4 is 0 Å². The lowest BCUT2D eigenvalue weighted by Gasteiger charge is -2.52. The summed E-state index contributed by atoms with van der Waals surface area (Å²) in [6.07, 6.45) is 0. The van der Waals surface area contributed by atoms with Gasteiger partial charge in [-0.15, -0.1) is 0 Å². The Morgan fingerprint density at radius 2 is 0.522 bits per heavy atom. The Kier molecular flexibility index (Phi) is 5.09. The summed E-state index contributed by atoms with van der Waals surface area (Å²) in [4.78, 5) is 0. The molecule has 2 saturated heterocycles. The van der Waals surface area contributed by atoms with E-state index < -0.39 is 51.9 Å². The summed E-state index contributed by atoms with van der Waals surface area (Å²) < 4.78 is 44.5. The molecule has 0 radical (unpaired) electrons. The van der Waals surface area contributed by atoms with Crippen molar-refractivity contribution >= 4 is 51.9 Å². The molecule has 2 aliphatic rings. The predicted octanol–water partition coefficient (Wildman–Crippen LogP) is 3.07. The molecule has 0 unspecified atom stereocenters. The third-order valence-electron chi connectivity index (χ3n) is 3.08. The van der Waals surface area contributed by atoms with Crippen LogP contribution in [-0.4, -0.2) is 51.9 Å². The average Bonchev–Trinajstić information content (AvgIpc) is 1.99. The highest BCUT2D eigenvalue weighted by atomic mass is 28.6. The van der Waals surface area contributed by atoms with Crippen molar-refractivity contribution in [3.63, 3.8) is 0 Å². The van der Waals surface area contributed by atoms with Gasteiger partial charge in [-0.3, -0.25) is 0 Å². The number of fused-ring (bicyclic) bond motifs is 2. The number of rotatable bonds is 0. The molecule has 0 aliphatic carbocycles. The number of hydrogen-bond donors (Lipinski definition) is 0. The fourth-order valence-corrected chi connectivity index (χ4v) is 35.4. The molecule has 2 heterocycles. The Labute approximate surface area is 146 Å². The number of hydrogen-bond acceptors (Lipinski definition) is 7. The van der Waals surface area contributed by atoms with Gasteiger partial charge in [0.2, 0.25) is 0 Å². The first-order valence-corrected chi connectivity index (χ1v) is 23.6. The van der Waals surface area contributed by atoms with Gasteiger partial charge < -0.3 is 28.8 Å². The van der Waals surface area contributed by atoms with E-state index in [4.69, 9.17) is 28.8 Å². The smallest absolute Gasteiger partial charge is 0.416 e. The first kappa shape index (κ1) is 20.3. The molecule has 0 atom stereocenters. The van der Waals surface area contributed by atoms with Crippen molar-refractivity contribution in [2.45, 2.75) is 65.5 Å². The van der Waals surface area contributed by atoms with Crippen LogP contribution in [0.4, 0.5) is 0 Å². The predicted molar refractivity (Wildman–Crippen MR) is 101 cm³/mol. The van der Waals surface area contributed by atoms with Crippen LogP contribution in [0.5, 0.6) is 0 Å². The minimum Gasteiger partial charge on any atom is -0.416 e.